The molecule has 1 aromatic carbocycles. The first kappa shape index (κ1) is 19.3. The maximum absolute atomic E-state index is 13.1. The van der Waals surface area contributed by atoms with Crippen molar-refractivity contribution in [3.05, 3.63) is 47.4 Å². The summed E-state index contributed by atoms with van der Waals surface area (Å²) in [6.45, 7) is 7.04. The Bertz CT molecular complexity index is 749. The van der Waals surface area contributed by atoms with Gasteiger partial charge in [0, 0.05) is 25.7 Å². The quantitative estimate of drug-likeness (QED) is 0.840. The summed E-state index contributed by atoms with van der Waals surface area (Å²) < 4.78 is 18.2. The lowest BCUT2D eigenvalue weighted by atomic mass is 10.0. The minimum absolute atomic E-state index is 0.0881. The Morgan fingerprint density at radius 1 is 1.41 bits per heavy atom. The smallest absolute Gasteiger partial charge is 0.318 e. The van der Waals surface area contributed by atoms with Crippen LogP contribution in [0.3, 0.4) is 0 Å². The second kappa shape index (κ2) is 8.94. The first-order valence-corrected chi connectivity index (χ1v) is 9.35. The molecule has 0 radical (unpaired) electrons. The number of piperidine rings is 1. The number of aromatic nitrogens is 2. The zero-order valence-electron chi connectivity index (χ0n) is 15.8. The number of nitrogens with zero attached hydrogens (tertiary/aromatic N) is 4. The third kappa shape index (κ3) is 5.50. The molecule has 0 spiro atoms. The van der Waals surface area contributed by atoms with E-state index >= 15 is 0 Å². The SMILES string of the molecule is CCN(Cc1nc(C)no1)C(=O)N[C@H]1CCCN(Cc2ccc(F)cc2)C1. The van der Waals surface area contributed by atoms with Crippen LogP contribution >= 0.6 is 0 Å². The second-order valence-corrected chi connectivity index (χ2v) is 6.90. The largest absolute Gasteiger partial charge is 0.337 e. The van der Waals surface area contributed by atoms with Gasteiger partial charge in [0.2, 0.25) is 5.89 Å². The molecule has 1 aromatic heterocycles. The van der Waals surface area contributed by atoms with Gasteiger partial charge in [-0.1, -0.05) is 17.3 Å². The number of aryl methyl sites for hydroxylation is 1. The molecular weight excluding hydrogens is 349 g/mol. The van der Waals surface area contributed by atoms with Gasteiger partial charge in [-0.2, -0.15) is 4.98 Å². The number of hydrogen-bond acceptors (Lipinski definition) is 5. The van der Waals surface area contributed by atoms with Crippen molar-refractivity contribution in [3.63, 3.8) is 0 Å². The Balaban J connectivity index is 1.52. The van der Waals surface area contributed by atoms with Crippen molar-refractivity contribution in [1.29, 1.82) is 0 Å². The van der Waals surface area contributed by atoms with Crippen LogP contribution in [0.15, 0.2) is 28.8 Å². The number of rotatable bonds is 6. The molecule has 7 nitrogen and oxygen atoms in total. The van der Waals surface area contributed by atoms with E-state index in [1.807, 2.05) is 19.1 Å². The number of carbonyl (C=O) groups is 1. The van der Waals surface area contributed by atoms with Crippen molar-refractivity contribution in [3.8, 4) is 0 Å². The Morgan fingerprint density at radius 3 is 2.85 bits per heavy atom. The minimum atomic E-state index is -0.223. The van der Waals surface area contributed by atoms with Crippen LogP contribution in [0.4, 0.5) is 9.18 Å². The summed E-state index contributed by atoms with van der Waals surface area (Å²) >= 11 is 0. The van der Waals surface area contributed by atoms with E-state index < -0.39 is 0 Å². The van der Waals surface area contributed by atoms with Gasteiger partial charge in [-0.25, -0.2) is 9.18 Å². The molecule has 0 aliphatic carbocycles. The van der Waals surface area contributed by atoms with Gasteiger partial charge in [0.25, 0.3) is 0 Å². The molecular formula is C19H26FN5O2. The molecule has 1 N–H and O–H groups in total. The summed E-state index contributed by atoms with van der Waals surface area (Å²) in [6.07, 6.45) is 1.96. The number of likely N-dealkylation sites (tertiary alicyclic amines) is 1. The van der Waals surface area contributed by atoms with Gasteiger partial charge >= 0.3 is 6.03 Å². The van der Waals surface area contributed by atoms with Gasteiger partial charge in [-0.15, -0.1) is 0 Å². The maximum atomic E-state index is 13.1. The predicted octanol–water partition coefficient (Wildman–Crippen LogP) is 2.71. The van der Waals surface area contributed by atoms with Gasteiger partial charge in [-0.3, -0.25) is 4.90 Å². The summed E-state index contributed by atoms with van der Waals surface area (Å²) in [5.41, 5.74) is 1.07. The molecule has 27 heavy (non-hydrogen) atoms. The van der Waals surface area contributed by atoms with E-state index in [0.717, 1.165) is 38.0 Å². The van der Waals surface area contributed by atoms with E-state index in [-0.39, 0.29) is 17.9 Å². The molecule has 3 rings (SSSR count). The Kier molecular flexibility index (Phi) is 6.39. The lowest BCUT2D eigenvalue weighted by Gasteiger charge is -2.34. The molecule has 0 saturated carbocycles. The Hall–Kier alpha value is -2.48. The Labute approximate surface area is 158 Å². The summed E-state index contributed by atoms with van der Waals surface area (Å²) in [5.74, 6) is 0.773. The van der Waals surface area contributed by atoms with Crippen LogP contribution in [0.25, 0.3) is 0 Å². The zero-order chi connectivity index (χ0) is 19.2. The number of hydrogen-bond donors (Lipinski definition) is 1. The fourth-order valence-electron chi connectivity index (χ4n) is 3.33. The number of benzene rings is 1. The molecule has 2 aromatic rings. The lowest BCUT2D eigenvalue weighted by Crippen LogP contribution is -2.51. The molecule has 0 bridgehead atoms. The molecule has 2 amide bonds. The first-order chi connectivity index (χ1) is 13.0. The van der Waals surface area contributed by atoms with Crippen molar-refractivity contribution < 1.29 is 13.7 Å². The van der Waals surface area contributed by atoms with Gasteiger partial charge in [0.1, 0.15) is 12.4 Å². The van der Waals surface area contributed by atoms with Gasteiger partial charge < -0.3 is 14.7 Å². The maximum Gasteiger partial charge on any atom is 0.318 e. The molecule has 8 heteroatoms. The van der Waals surface area contributed by atoms with Crippen LogP contribution in [-0.2, 0) is 13.1 Å². The number of amides is 2. The monoisotopic (exact) mass is 375 g/mol. The van der Waals surface area contributed by atoms with Crippen molar-refractivity contribution in [2.45, 2.75) is 45.8 Å². The fourth-order valence-corrected chi connectivity index (χ4v) is 3.33. The second-order valence-electron chi connectivity index (χ2n) is 6.90. The van der Waals surface area contributed by atoms with E-state index in [1.165, 1.54) is 12.1 Å². The first-order valence-electron chi connectivity index (χ1n) is 9.35. The van der Waals surface area contributed by atoms with Crippen molar-refractivity contribution in [1.82, 2.24) is 25.3 Å². The minimum Gasteiger partial charge on any atom is -0.337 e. The number of halogens is 1. The van der Waals surface area contributed by atoms with Gasteiger partial charge in [0.05, 0.1) is 0 Å². The lowest BCUT2D eigenvalue weighted by molar-refractivity contribution is 0.159. The summed E-state index contributed by atoms with van der Waals surface area (Å²) in [5, 5.41) is 6.88. The van der Waals surface area contributed by atoms with Crippen LogP contribution < -0.4 is 5.32 Å². The molecule has 1 atom stereocenters. The zero-order valence-corrected chi connectivity index (χ0v) is 15.8. The van der Waals surface area contributed by atoms with Crippen molar-refractivity contribution in [2.24, 2.45) is 0 Å². The van der Waals surface area contributed by atoms with Crippen LogP contribution in [0.5, 0.6) is 0 Å². The predicted molar refractivity (Wildman–Crippen MR) is 98.3 cm³/mol. The van der Waals surface area contributed by atoms with Crippen LogP contribution in [0, 0.1) is 12.7 Å². The highest BCUT2D eigenvalue weighted by Gasteiger charge is 2.24. The Morgan fingerprint density at radius 2 is 2.19 bits per heavy atom. The molecule has 1 aliphatic rings. The molecule has 1 aliphatic heterocycles. The van der Waals surface area contributed by atoms with E-state index in [4.69, 9.17) is 4.52 Å². The molecule has 1 saturated heterocycles. The van der Waals surface area contributed by atoms with Gasteiger partial charge in [0.15, 0.2) is 5.82 Å². The molecule has 2 heterocycles. The summed E-state index contributed by atoms with van der Waals surface area (Å²) in [6, 6.07) is 6.55. The number of urea groups is 1. The average Bonchev–Trinajstić information content (AvgIpc) is 3.07. The highest BCUT2D eigenvalue weighted by Crippen LogP contribution is 2.15. The number of nitrogens with one attached hydrogen (secondary N) is 1. The average molecular weight is 375 g/mol. The summed E-state index contributed by atoms with van der Waals surface area (Å²) in [4.78, 5) is 20.7. The van der Waals surface area contributed by atoms with E-state index in [1.54, 1.807) is 11.8 Å². The van der Waals surface area contributed by atoms with Crippen LogP contribution in [0.2, 0.25) is 0 Å². The molecule has 146 valence electrons. The highest BCUT2D eigenvalue weighted by atomic mass is 19.1. The van der Waals surface area contributed by atoms with E-state index in [2.05, 4.69) is 20.4 Å². The molecule has 0 unspecified atom stereocenters. The van der Waals surface area contributed by atoms with Crippen molar-refractivity contribution in [2.75, 3.05) is 19.6 Å². The van der Waals surface area contributed by atoms with Gasteiger partial charge in [-0.05, 0) is 50.9 Å². The van der Waals surface area contributed by atoms with Crippen LogP contribution in [0.1, 0.15) is 37.0 Å². The third-order valence-corrected chi connectivity index (χ3v) is 4.72. The van der Waals surface area contributed by atoms with E-state index in [0.29, 0.717) is 24.8 Å². The van der Waals surface area contributed by atoms with E-state index in [9.17, 15) is 9.18 Å². The molecule has 1 fully saturated rings. The fraction of sp³-hybridized carbons (Fsp3) is 0.526. The van der Waals surface area contributed by atoms with Crippen molar-refractivity contribution >= 4 is 6.03 Å². The summed E-state index contributed by atoms with van der Waals surface area (Å²) in [7, 11) is 0. The normalized spacial score (nSPS) is 17.7. The third-order valence-electron chi connectivity index (χ3n) is 4.72. The van der Waals surface area contributed by atoms with Crippen LogP contribution in [-0.4, -0.2) is 51.6 Å². The standard InChI is InChI=1S/C19H26FN5O2/c1-3-25(13-18-21-14(2)23-27-18)19(26)22-17-5-4-10-24(12-17)11-15-6-8-16(20)9-7-15/h6-9,17H,3-5,10-13H2,1-2H3,(H,22,26)/t17-/m0/s1. The number of carbonyl (C=O) groups excluding carboxylic acids is 1. The highest BCUT2D eigenvalue weighted by molar-refractivity contribution is 5.74. The topological polar surface area (TPSA) is 74.5 Å².